The maximum Gasteiger partial charge on any atom is 0.309 e. The SMILES string of the molecule is COCCCC1(C(=O)O)CCC(C)CC1. The van der Waals surface area contributed by atoms with Gasteiger partial charge >= 0.3 is 5.97 Å². The Morgan fingerprint density at radius 1 is 1.47 bits per heavy atom. The first-order valence-electron chi connectivity index (χ1n) is 5.83. The summed E-state index contributed by atoms with van der Waals surface area (Å²) in [5.41, 5.74) is -0.453. The maximum absolute atomic E-state index is 11.3. The van der Waals surface area contributed by atoms with Crippen molar-refractivity contribution in [3.8, 4) is 0 Å². The lowest BCUT2D eigenvalue weighted by Crippen LogP contribution is -2.35. The third kappa shape index (κ3) is 3.20. The molecule has 0 saturated heterocycles. The number of carboxylic acids is 1. The molecule has 0 unspecified atom stereocenters. The van der Waals surface area contributed by atoms with Crippen LogP contribution < -0.4 is 0 Å². The highest BCUT2D eigenvalue weighted by molar-refractivity contribution is 5.74. The van der Waals surface area contributed by atoms with Crippen molar-refractivity contribution in [1.82, 2.24) is 0 Å². The van der Waals surface area contributed by atoms with Crippen molar-refractivity contribution in [2.24, 2.45) is 11.3 Å². The van der Waals surface area contributed by atoms with Gasteiger partial charge in [0.2, 0.25) is 0 Å². The monoisotopic (exact) mass is 214 g/mol. The average molecular weight is 214 g/mol. The van der Waals surface area contributed by atoms with Crippen LogP contribution in [0.1, 0.15) is 45.4 Å². The average Bonchev–Trinajstić information content (AvgIpc) is 2.21. The predicted molar refractivity (Wildman–Crippen MR) is 58.8 cm³/mol. The highest BCUT2D eigenvalue weighted by Crippen LogP contribution is 2.42. The van der Waals surface area contributed by atoms with Crippen LogP contribution in [0.15, 0.2) is 0 Å². The third-order valence-corrected chi connectivity index (χ3v) is 3.69. The summed E-state index contributed by atoms with van der Waals surface area (Å²) < 4.78 is 4.99. The molecule has 1 saturated carbocycles. The number of hydrogen-bond acceptors (Lipinski definition) is 2. The van der Waals surface area contributed by atoms with E-state index in [1.54, 1.807) is 7.11 Å². The van der Waals surface area contributed by atoms with Crippen LogP contribution in [0.25, 0.3) is 0 Å². The largest absolute Gasteiger partial charge is 0.481 e. The number of methoxy groups -OCH3 is 1. The van der Waals surface area contributed by atoms with Gasteiger partial charge in [-0.25, -0.2) is 0 Å². The van der Waals surface area contributed by atoms with Crippen molar-refractivity contribution in [2.45, 2.75) is 45.4 Å². The van der Waals surface area contributed by atoms with Gasteiger partial charge in [0.1, 0.15) is 0 Å². The smallest absolute Gasteiger partial charge is 0.309 e. The van der Waals surface area contributed by atoms with Crippen LogP contribution in [-0.4, -0.2) is 24.8 Å². The maximum atomic E-state index is 11.3. The molecule has 0 amide bonds. The Kier molecular flexibility index (Phi) is 4.58. The van der Waals surface area contributed by atoms with E-state index < -0.39 is 11.4 Å². The van der Waals surface area contributed by atoms with Gasteiger partial charge in [-0.3, -0.25) is 4.79 Å². The van der Waals surface area contributed by atoms with E-state index in [9.17, 15) is 9.90 Å². The Balaban J connectivity index is 2.51. The summed E-state index contributed by atoms with van der Waals surface area (Å²) >= 11 is 0. The molecular formula is C12H22O3. The Bertz CT molecular complexity index is 205. The molecule has 88 valence electrons. The van der Waals surface area contributed by atoms with Crippen LogP contribution in [0.2, 0.25) is 0 Å². The molecule has 0 aromatic heterocycles. The summed E-state index contributed by atoms with van der Waals surface area (Å²) in [5, 5.41) is 9.33. The molecule has 1 N–H and O–H groups in total. The van der Waals surface area contributed by atoms with Gasteiger partial charge in [-0.1, -0.05) is 6.92 Å². The summed E-state index contributed by atoms with van der Waals surface area (Å²) in [4.78, 5) is 11.3. The molecule has 0 bridgehead atoms. The summed E-state index contributed by atoms with van der Waals surface area (Å²) in [5.74, 6) is 0.0883. The molecule has 0 atom stereocenters. The number of aliphatic carboxylic acids is 1. The predicted octanol–water partition coefficient (Wildman–Crippen LogP) is 2.69. The molecule has 1 rings (SSSR count). The third-order valence-electron chi connectivity index (χ3n) is 3.69. The van der Waals surface area contributed by atoms with Gasteiger partial charge in [-0.15, -0.1) is 0 Å². The molecule has 1 fully saturated rings. The van der Waals surface area contributed by atoms with Gasteiger partial charge in [0.15, 0.2) is 0 Å². The summed E-state index contributed by atoms with van der Waals surface area (Å²) in [7, 11) is 1.66. The highest BCUT2D eigenvalue weighted by atomic mass is 16.5. The van der Waals surface area contributed by atoms with Crippen LogP contribution in [0.5, 0.6) is 0 Å². The van der Waals surface area contributed by atoms with Gasteiger partial charge in [0, 0.05) is 13.7 Å². The Hall–Kier alpha value is -0.570. The van der Waals surface area contributed by atoms with E-state index in [1.165, 1.54) is 0 Å². The van der Waals surface area contributed by atoms with Crippen LogP contribution in [0.4, 0.5) is 0 Å². The Labute approximate surface area is 91.8 Å². The van der Waals surface area contributed by atoms with E-state index >= 15 is 0 Å². The quantitative estimate of drug-likeness (QED) is 0.716. The Morgan fingerprint density at radius 2 is 2.07 bits per heavy atom. The van der Waals surface area contributed by atoms with Crippen molar-refractivity contribution in [3.63, 3.8) is 0 Å². The van der Waals surface area contributed by atoms with Crippen molar-refractivity contribution in [2.75, 3.05) is 13.7 Å². The molecule has 0 aliphatic heterocycles. The van der Waals surface area contributed by atoms with E-state index in [0.29, 0.717) is 12.5 Å². The summed E-state index contributed by atoms with van der Waals surface area (Å²) in [6, 6.07) is 0. The summed E-state index contributed by atoms with van der Waals surface area (Å²) in [6.07, 6.45) is 5.42. The van der Waals surface area contributed by atoms with Crippen LogP contribution in [0.3, 0.4) is 0 Å². The standard InChI is InChI=1S/C12H22O3/c1-10-4-7-12(8-5-10,11(13)14)6-3-9-15-2/h10H,3-9H2,1-2H3,(H,13,14). The number of rotatable bonds is 5. The molecular weight excluding hydrogens is 192 g/mol. The first-order valence-corrected chi connectivity index (χ1v) is 5.83. The Morgan fingerprint density at radius 3 is 2.53 bits per heavy atom. The van der Waals surface area contributed by atoms with E-state index in [1.807, 2.05) is 0 Å². The van der Waals surface area contributed by atoms with Gasteiger partial charge in [0.25, 0.3) is 0 Å². The number of carbonyl (C=O) groups is 1. The number of hydrogen-bond donors (Lipinski definition) is 1. The van der Waals surface area contributed by atoms with Gasteiger partial charge in [-0.05, 0) is 44.4 Å². The van der Waals surface area contributed by atoms with E-state index in [-0.39, 0.29) is 0 Å². The zero-order chi connectivity index (χ0) is 11.3. The second-order valence-electron chi connectivity index (χ2n) is 4.86. The van der Waals surface area contributed by atoms with Crippen LogP contribution >= 0.6 is 0 Å². The first kappa shape index (κ1) is 12.5. The molecule has 0 aromatic rings. The lowest BCUT2D eigenvalue weighted by molar-refractivity contribution is -0.152. The molecule has 3 nitrogen and oxygen atoms in total. The molecule has 0 spiro atoms. The highest BCUT2D eigenvalue weighted by Gasteiger charge is 2.40. The molecule has 0 aromatic carbocycles. The lowest BCUT2D eigenvalue weighted by Gasteiger charge is -2.35. The second kappa shape index (κ2) is 5.50. The van der Waals surface area contributed by atoms with Crippen molar-refractivity contribution in [1.29, 1.82) is 0 Å². The van der Waals surface area contributed by atoms with Gasteiger partial charge < -0.3 is 9.84 Å². The molecule has 15 heavy (non-hydrogen) atoms. The fourth-order valence-corrected chi connectivity index (χ4v) is 2.44. The second-order valence-corrected chi connectivity index (χ2v) is 4.86. The van der Waals surface area contributed by atoms with Gasteiger partial charge in [-0.2, -0.15) is 0 Å². The van der Waals surface area contributed by atoms with Crippen molar-refractivity contribution >= 4 is 5.97 Å². The van der Waals surface area contributed by atoms with Crippen molar-refractivity contribution < 1.29 is 14.6 Å². The first-order chi connectivity index (χ1) is 7.10. The van der Waals surface area contributed by atoms with Crippen LogP contribution in [0, 0.1) is 11.3 Å². The zero-order valence-electron chi connectivity index (χ0n) is 9.79. The minimum atomic E-state index is -0.606. The number of carboxylic acid groups (broad SMARTS) is 1. The van der Waals surface area contributed by atoms with Crippen LogP contribution in [-0.2, 0) is 9.53 Å². The normalized spacial score (nSPS) is 31.5. The minimum Gasteiger partial charge on any atom is -0.481 e. The zero-order valence-corrected chi connectivity index (χ0v) is 9.79. The molecule has 1 aliphatic carbocycles. The molecule has 1 aliphatic rings. The fraction of sp³-hybridized carbons (Fsp3) is 0.917. The topological polar surface area (TPSA) is 46.5 Å². The molecule has 3 heteroatoms. The molecule has 0 heterocycles. The summed E-state index contributed by atoms with van der Waals surface area (Å²) in [6.45, 7) is 2.88. The number of ether oxygens (including phenoxy) is 1. The molecule has 0 radical (unpaired) electrons. The minimum absolute atomic E-state index is 0.453. The fourth-order valence-electron chi connectivity index (χ4n) is 2.44. The van der Waals surface area contributed by atoms with E-state index in [2.05, 4.69) is 6.92 Å². The van der Waals surface area contributed by atoms with E-state index in [0.717, 1.165) is 38.5 Å². The van der Waals surface area contributed by atoms with E-state index in [4.69, 9.17) is 4.74 Å². The van der Waals surface area contributed by atoms with Gasteiger partial charge in [0.05, 0.1) is 5.41 Å². The lowest BCUT2D eigenvalue weighted by atomic mass is 9.68. The van der Waals surface area contributed by atoms with Crippen molar-refractivity contribution in [3.05, 3.63) is 0 Å².